The van der Waals surface area contributed by atoms with Gasteiger partial charge in [-0.15, -0.1) is 0 Å². The number of nitrogens with one attached hydrogen (secondary N) is 1. The van der Waals surface area contributed by atoms with Crippen LogP contribution >= 0.6 is 0 Å². The number of esters is 1. The fraction of sp³-hybridized carbons (Fsp3) is 0.829. The third kappa shape index (κ3) is 60.8. The van der Waals surface area contributed by atoms with E-state index < -0.39 is 12.1 Å². The molecule has 444 valence electrons. The minimum Gasteiger partial charge on any atom is -0.466 e. The molecule has 0 saturated carbocycles. The van der Waals surface area contributed by atoms with Gasteiger partial charge in [0.25, 0.3) is 0 Å². The summed E-state index contributed by atoms with van der Waals surface area (Å²) >= 11 is 0. The number of hydrogen-bond donors (Lipinski definition) is 3. The Hall–Kier alpha value is -2.44. The lowest BCUT2D eigenvalue weighted by Gasteiger charge is -2.20. The highest BCUT2D eigenvalue weighted by Crippen LogP contribution is 2.17. The van der Waals surface area contributed by atoms with Crippen LogP contribution in [0.5, 0.6) is 0 Å². The predicted molar refractivity (Wildman–Crippen MR) is 333 cm³/mol. The van der Waals surface area contributed by atoms with Crippen LogP contribution < -0.4 is 5.32 Å². The monoisotopic (exact) mass is 1060 g/mol. The second kappa shape index (κ2) is 65.1. The summed E-state index contributed by atoms with van der Waals surface area (Å²) in [5.74, 6) is -0.0650. The fourth-order valence-electron chi connectivity index (χ4n) is 10.1. The number of rotatable bonds is 62. The van der Waals surface area contributed by atoms with Crippen LogP contribution in [0, 0.1) is 0 Å². The van der Waals surface area contributed by atoms with Crippen molar-refractivity contribution in [3.8, 4) is 0 Å². The van der Waals surface area contributed by atoms with Gasteiger partial charge in [-0.25, -0.2) is 0 Å². The summed E-state index contributed by atoms with van der Waals surface area (Å²) in [5.41, 5.74) is 0. The standard InChI is InChI=1S/C70H129NO5/c1-3-5-7-9-11-13-14-40-44-48-52-56-60-64-70(75)76-65-61-57-53-49-45-42-39-37-35-33-31-29-27-25-23-21-19-17-15-16-18-20-22-24-26-28-30-32-34-36-38-41-43-47-51-55-59-63-69(74)71-67(66-72)68(73)62-58-54-50-46-12-10-8-6-4-2/h7,9,13-15,17,21,23,58,62,67-68,72-73H,3-6,8,10-12,16,18-20,22,24-57,59-61,63-66H2,1-2H3,(H,71,74)/b9-7-,14-13-,17-15-,23-21-,62-58+. The lowest BCUT2D eigenvalue weighted by atomic mass is 10.0. The highest BCUT2D eigenvalue weighted by atomic mass is 16.5. The minimum absolute atomic E-state index is 0.00262. The Kier molecular flexibility index (Phi) is 63.0. The molecule has 0 fully saturated rings. The summed E-state index contributed by atoms with van der Waals surface area (Å²) in [4.78, 5) is 24.4. The normalized spacial score (nSPS) is 12.9. The number of hydrogen-bond acceptors (Lipinski definition) is 5. The average molecular weight is 1060 g/mol. The van der Waals surface area contributed by atoms with Crippen molar-refractivity contribution < 1.29 is 24.5 Å². The van der Waals surface area contributed by atoms with Crippen molar-refractivity contribution in [2.45, 2.75) is 360 Å². The SMILES string of the molecule is CCC/C=C\C/C=C\CCCCCCCC(=O)OCCCCCCCCCCCCCCC/C=C\C/C=C\CCCCCCCCCCCCCCCCCCCC(=O)NC(CO)C(O)/C=C/CCCCCCCCC. The Bertz CT molecular complexity index is 1320. The van der Waals surface area contributed by atoms with Gasteiger partial charge >= 0.3 is 5.97 Å². The van der Waals surface area contributed by atoms with Gasteiger partial charge in [0, 0.05) is 12.8 Å². The molecule has 0 aromatic rings. The van der Waals surface area contributed by atoms with Crippen LogP contribution in [-0.2, 0) is 14.3 Å². The molecule has 0 heterocycles. The van der Waals surface area contributed by atoms with Crippen LogP contribution in [0.1, 0.15) is 348 Å². The first-order chi connectivity index (χ1) is 37.5. The highest BCUT2D eigenvalue weighted by molar-refractivity contribution is 5.76. The number of unbranched alkanes of at least 4 members (excludes halogenated alkanes) is 43. The second-order valence-corrected chi connectivity index (χ2v) is 22.8. The number of carbonyl (C=O) groups excluding carboxylic acids is 2. The molecule has 0 aliphatic rings. The van der Waals surface area contributed by atoms with Crippen molar-refractivity contribution in [3.05, 3.63) is 60.8 Å². The molecular weight excluding hydrogens is 935 g/mol. The van der Waals surface area contributed by atoms with E-state index in [1.807, 2.05) is 6.08 Å². The second-order valence-electron chi connectivity index (χ2n) is 22.8. The predicted octanol–water partition coefficient (Wildman–Crippen LogP) is 21.5. The summed E-state index contributed by atoms with van der Waals surface area (Å²) < 4.78 is 5.47. The van der Waals surface area contributed by atoms with Gasteiger partial charge in [0.2, 0.25) is 5.91 Å². The van der Waals surface area contributed by atoms with Gasteiger partial charge in [-0.3, -0.25) is 9.59 Å². The number of aliphatic hydroxyl groups is 2. The highest BCUT2D eigenvalue weighted by Gasteiger charge is 2.18. The fourth-order valence-corrected chi connectivity index (χ4v) is 10.1. The van der Waals surface area contributed by atoms with E-state index in [1.165, 1.54) is 263 Å². The van der Waals surface area contributed by atoms with E-state index in [0.29, 0.717) is 19.4 Å². The molecule has 1 amide bonds. The van der Waals surface area contributed by atoms with E-state index in [2.05, 4.69) is 67.8 Å². The molecule has 76 heavy (non-hydrogen) atoms. The van der Waals surface area contributed by atoms with Crippen LogP contribution in [0.3, 0.4) is 0 Å². The van der Waals surface area contributed by atoms with Gasteiger partial charge in [-0.2, -0.15) is 0 Å². The molecule has 0 bridgehead atoms. The first-order valence-electron chi connectivity index (χ1n) is 33.6. The average Bonchev–Trinajstić information content (AvgIpc) is 3.42. The van der Waals surface area contributed by atoms with Gasteiger partial charge in [-0.05, 0) is 89.9 Å². The van der Waals surface area contributed by atoms with Crippen molar-refractivity contribution >= 4 is 11.9 Å². The topological polar surface area (TPSA) is 95.9 Å². The van der Waals surface area contributed by atoms with Gasteiger partial charge in [-0.1, -0.05) is 306 Å². The number of amides is 1. The zero-order valence-electron chi connectivity index (χ0n) is 50.7. The smallest absolute Gasteiger partial charge is 0.305 e. The lowest BCUT2D eigenvalue weighted by molar-refractivity contribution is -0.143. The number of aliphatic hydroxyl groups excluding tert-OH is 2. The summed E-state index contributed by atoms with van der Waals surface area (Å²) in [6, 6.07) is -0.624. The molecule has 0 aromatic heterocycles. The molecule has 0 saturated heterocycles. The molecule has 0 aromatic carbocycles. The molecule has 0 spiro atoms. The molecule has 0 rings (SSSR count). The first-order valence-corrected chi connectivity index (χ1v) is 33.6. The van der Waals surface area contributed by atoms with Gasteiger partial charge in [0.15, 0.2) is 0 Å². The Morgan fingerprint density at radius 1 is 0.368 bits per heavy atom. The van der Waals surface area contributed by atoms with Crippen LogP contribution in [0.4, 0.5) is 0 Å². The molecule has 6 nitrogen and oxygen atoms in total. The van der Waals surface area contributed by atoms with Crippen LogP contribution in [0.15, 0.2) is 60.8 Å². The number of carbonyl (C=O) groups is 2. The van der Waals surface area contributed by atoms with Gasteiger partial charge in [0.1, 0.15) is 0 Å². The first kappa shape index (κ1) is 73.6. The van der Waals surface area contributed by atoms with Crippen LogP contribution in [0.25, 0.3) is 0 Å². The molecule has 0 radical (unpaired) electrons. The Morgan fingerprint density at radius 3 is 1.05 bits per heavy atom. The van der Waals surface area contributed by atoms with Crippen molar-refractivity contribution in [1.82, 2.24) is 5.32 Å². The summed E-state index contributed by atoms with van der Waals surface area (Å²) in [6.45, 7) is 4.81. The molecule has 0 aliphatic carbocycles. The largest absolute Gasteiger partial charge is 0.466 e. The van der Waals surface area contributed by atoms with E-state index in [-0.39, 0.29) is 18.5 Å². The van der Waals surface area contributed by atoms with E-state index in [0.717, 1.165) is 57.8 Å². The molecule has 3 N–H and O–H groups in total. The summed E-state index contributed by atoms with van der Waals surface area (Å²) in [5, 5.41) is 23.0. The number of allylic oxidation sites excluding steroid dienone is 9. The summed E-state index contributed by atoms with van der Waals surface area (Å²) in [6.07, 6.45) is 86.0. The molecule has 6 heteroatoms. The third-order valence-electron chi connectivity index (χ3n) is 15.2. The minimum atomic E-state index is -0.841. The van der Waals surface area contributed by atoms with Crippen molar-refractivity contribution in [3.63, 3.8) is 0 Å². The molecule has 2 atom stereocenters. The van der Waals surface area contributed by atoms with Crippen LogP contribution in [-0.4, -0.2) is 47.4 Å². The van der Waals surface area contributed by atoms with Crippen molar-refractivity contribution in [1.29, 1.82) is 0 Å². The van der Waals surface area contributed by atoms with Gasteiger partial charge < -0.3 is 20.3 Å². The zero-order valence-corrected chi connectivity index (χ0v) is 50.7. The van der Waals surface area contributed by atoms with E-state index in [4.69, 9.17) is 4.74 Å². The Morgan fingerprint density at radius 2 is 0.684 bits per heavy atom. The van der Waals surface area contributed by atoms with Gasteiger partial charge in [0.05, 0.1) is 25.4 Å². The van der Waals surface area contributed by atoms with Crippen molar-refractivity contribution in [2.75, 3.05) is 13.2 Å². The van der Waals surface area contributed by atoms with E-state index in [9.17, 15) is 19.8 Å². The molecule has 2 unspecified atom stereocenters. The maximum Gasteiger partial charge on any atom is 0.305 e. The number of ether oxygens (including phenoxy) is 1. The lowest BCUT2D eigenvalue weighted by Crippen LogP contribution is -2.45. The zero-order chi connectivity index (χ0) is 55.0. The molecular formula is C70H129NO5. The maximum absolute atomic E-state index is 12.4. The maximum atomic E-state index is 12.4. The quantitative estimate of drug-likeness (QED) is 0.0320. The Balaban J connectivity index is 3.35. The summed E-state index contributed by atoms with van der Waals surface area (Å²) in [7, 11) is 0. The van der Waals surface area contributed by atoms with Crippen molar-refractivity contribution in [2.24, 2.45) is 0 Å². The molecule has 0 aliphatic heterocycles. The van der Waals surface area contributed by atoms with E-state index >= 15 is 0 Å². The van der Waals surface area contributed by atoms with E-state index in [1.54, 1.807) is 6.08 Å². The van der Waals surface area contributed by atoms with Crippen LogP contribution in [0.2, 0.25) is 0 Å². The Labute approximate surface area is 473 Å². The third-order valence-corrected chi connectivity index (χ3v) is 15.2.